The average molecular weight is 307 g/mol. The van der Waals surface area contributed by atoms with Crippen LogP contribution in [0.4, 0.5) is 5.69 Å². The molecule has 1 unspecified atom stereocenters. The van der Waals surface area contributed by atoms with E-state index in [-0.39, 0.29) is 6.04 Å². The first-order chi connectivity index (χ1) is 9.99. The minimum Gasteiger partial charge on any atom is -0.370 e. The van der Waals surface area contributed by atoms with Crippen LogP contribution < -0.4 is 10.6 Å². The predicted molar refractivity (Wildman–Crippen MR) is 88.7 cm³/mol. The minimum absolute atomic E-state index is 0.161. The van der Waals surface area contributed by atoms with Crippen molar-refractivity contribution >= 4 is 17.3 Å². The number of hydrogen-bond acceptors (Lipinski definition) is 3. The van der Waals surface area contributed by atoms with Crippen LogP contribution in [0.3, 0.4) is 0 Å². The third-order valence-corrected chi connectivity index (χ3v) is 3.87. The van der Waals surface area contributed by atoms with Crippen LogP contribution in [0.15, 0.2) is 30.6 Å². The van der Waals surface area contributed by atoms with Gasteiger partial charge in [-0.3, -0.25) is 4.68 Å². The van der Waals surface area contributed by atoms with Crippen molar-refractivity contribution in [1.82, 2.24) is 9.78 Å². The van der Waals surface area contributed by atoms with Crippen LogP contribution >= 0.6 is 11.6 Å². The van der Waals surface area contributed by atoms with Crippen molar-refractivity contribution in [3.8, 4) is 0 Å². The highest BCUT2D eigenvalue weighted by atomic mass is 35.5. The maximum atomic E-state index is 6.14. The minimum atomic E-state index is 0.161. The van der Waals surface area contributed by atoms with E-state index in [2.05, 4.69) is 30.0 Å². The second-order valence-corrected chi connectivity index (χ2v) is 5.96. The van der Waals surface area contributed by atoms with Crippen molar-refractivity contribution in [3.63, 3.8) is 0 Å². The van der Waals surface area contributed by atoms with Crippen LogP contribution in [-0.2, 0) is 20.0 Å². The monoisotopic (exact) mass is 306 g/mol. The van der Waals surface area contributed by atoms with Gasteiger partial charge in [-0.1, -0.05) is 18.5 Å². The largest absolute Gasteiger partial charge is 0.370 e. The molecule has 0 amide bonds. The molecule has 2 rings (SSSR count). The molecule has 4 nitrogen and oxygen atoms in total. The van der Waals surface area contributed by atoms with Crippen LogP contribution in [0.5, 0.6) is 0 Å². The summed E-state index contributed by atoms with van der Waals surface area (Å²) in [7, 11) is 4.01. The Labute approximate surface area is 131 Å². The molecule has 2 N–H and O–H groups in total. The highest BCUT2D eigenvalue weighted by molar-refractivity contribution is 6.30. The number of hydrogen-bond donors (Lipinski definition) is 1. The zero-order valence-corrected chi connectivity index (χ0v) is 13.6. The molecule has 0 aliphatic heterocycles. The summed E-state index contributed by atoms with van der Waals surface area (Å²) in [5, 5.41) is 4.97. The molecule has 1 heterocycles. The fraction of sp³-hybridized carbons (Fsp3) is 0.438. The van der Waals surface area contributed by atoms with Gasteiger partial charge in [0.05, 0.1) is 6.20 Å². The molecule has 0 spiro atoms. The van der Waals surface area contributed by atoms with Gasteiger partial charge in [0.1, 0.15) is 0 Å². The molecule has 21 heavy (non-hydrogen) atoms. The van der Waals surface area contributed by atoms with E-state index in [1.165, 1.54) is 16.8 Å². The Balaban J connectivity index is 2.20. The molecule has 5 heteroatoms. The number of rotatable bonds is 6. The van der Waals surface area contributed by atoms with Gasteiger partial charge in [-0.25, -0.2) is 0 Å². The van der Waals surface area contributed by atoms with E-state index in [4.69, 9.17) is 17.3 Å². The van der Waals surface area contributed by atoms with Crippen LogP contribution in [0, 0.1) is 0 Å². The van der Waals surface area contributed by atoms with Crippen molar-refractivity contribution in [2.24, 2.45) is 12.8 Å². The normalized spacial score (nSPS) is 12.4. The molecule has 114 valence electrons. The molecule has 0 fully saturated rings. The molecular formula is C16H23ClN4. The first-order valence-corrected chi connectivity index (χ1v) is 7.60. The van der Waals surface area contributed by atoms with Crippen LogP contribution in [0.1, 0.15) is 24.5 Å². The lowest BCUT2D eigenvalue weighted by atomic mass is 10.0. The summed E-state index contributed by atoms with van der Waals surface area (Å²) in [4.78, 5) is 2.21. The van der Waals surface area contributed by atoms with E-state index in [1.807, 2.05) is 36.3 Å². The van der Waals surface area contributed by atoms with E-state index in [0.29, 0.717) is 0 Å². The lowest BCUT2D eigenvalue weighted by Gasteiger charge is -2.23. The summed E-state index contributed by atoms with van der Waals surface area (Å²) >= 11 is 6.14. The van der Waals surface area contributed by atoms with Gasteiger partial charge >= 0.3 is 0 Å². The highest BCUT2D eigenvalue weighted by Gasteiger charge is 2.12. The van der Waals surface area contributed by atoms with E-state index >= 15 is 0 Å². The lowest BCUT2D eigenvalue weighted by Crippen LogP contribution is -2.24. The van der Waals surface area contributed by atoms with Gasteiger partial charge in [-0.2, -0.15) is 5.10 Å². The standard InChI is InChI=1S/C16H23ClN4/c1-4-15(18)8-13-7-14(17)5-6-16(13)20(2)10-12-9-19-21(3)11-12/h5-7,9,11,15H,4,8,10,18H2,1-3H3. The quantitative estimate of drug-likeness (QED) is 0.892. The topological polar surface area (TPSA) is 47.1 Å². The van der Waals surface area contributed by atoms with Gasteiger partial charge in [0.25, 0.3) is 0 Å². The van der Waals surface area contributed by atoms with Crippen molar-refractivity contribution in [2.45, 2.75) is 32.4 Å². The Morgan fingerprint density at radius 1 is 1.43 bits per heavy atom. The van der Waals surface area contributed by atoms with Crippen LogP contribution in [-0.4, -0.2) is 22.9 Å². The van der Waals surface area contributed by atoms with E-state index in [1.54, 1.807) is 0 Å². The van der Waals surface area contributed by atoms with E-state index < -0.39 is 0 Å². The van der Waals surface area contributed by atoms with Crippen LogP contribution in [0.25, 0.3) is 0 Å². The van der Waals surface area contributed by atoms with Crippen molar-refractivity contribution in [2.75, 3.05) is 11.9 Å². The van der Waals surface area contributed by atoms with Crippen molar-refractivity contribution < 1.29 is 0 Å². The zero-order valence-electron chi connectivity index (χ0n) is 12.9. The molecule has 2 aromatic rings. The number of nitrogens with two attached hydrogens (primary N) is 1. The molecule has 1 aromatic carbocycles. The van der Waals surface area contributed by atoms with Gasteiger partial charge in [0.2, 0.25) is 0 Å². The summed E-state index contributed by atoms with van der Waals surface area (Å²) in [5.41, 5.74) is 9.66. The maximum Gasteiger partial charge on any atom is 0.0539 e. The summed E-state index contributed by atoms with van der Waals surface area (Å²) in [6, 6.07) is 6.18. The number of halogens is 1. The summed E-state index contributed by atoms with van der Waals surface area (Å²) < 4.78 is 1.82. The number of aromatic nitrogens is 2. The molecule has 0 saturated carbocycles. The SMILES string of the molecule is CCC(N)Cc1cc(Cl)ccc1N(C)Cc1cnn(C)c1. The third-order valence-electron chi connectivity index (χ3n) is 3.64. The van der Waals surface area contributed by atoms with Crippen molar-refractivity contribution in [1.29, 1.82) is 0 Å². The van der Waals surface area contributed by atoms with Gasteiger partial charge in [0.15, 0.2) is 0 Å². The average Bonchev–Trinajstić information content (AvgIpc) is 2.84. The third kappa shape index (κ3) is 4.22. The number of nitrogens with zero attached hydrogens (tertiary/aromatic N) is 3. The highest BCUT2D eigenvalue weighted by Crippen LogP contribution is 2.26. The fourth-order valence-electron chi connectivity index (χ4n) is 2.43. The first kappa shape index (κ1) is 15.9. The van der Waals surface area contributed by atoms with Crippen LogP contribution in [0.2, 0.25) is 5.02 Å². The van der Waals surface area contributed by atoms with Crippen molar-refractivity contribution in [3.05, 3.63) is 46.7 Å². The maximum absolute atomic E-state index is 6.14. The Kier molecular flexibility index (Phi) is 5.26. The Morgan fingerprint density at radius 2 is 2.19 bits per heavy atom. The number of benzene rings is 1. The molecule has 0 radical (unpaired) electrons. The molecule has 0 bridgehead atoms. The molecule has 1 aromatic heterocycles. The van der Waals surface area contributed by atoms with Gasteiger partial charge in [-0.15, -0.1) is 0 Å². The van der Waals surface area contributed by atoms with E-state index in [0.717, 1.165) is 24.4 Å². The predicted octanol–water partition coefficient (Wildman–Crippen LogP) is 2.99. The first-order valence-electron chi connectivity index (χ1n) is 7.22. The van der Waals surface area contributed by atoms with E-state index in [9.17, 15) is 0 Å². The Bertz CT molecular complexity index is 594. The van der Waals surface area contributed by atoms with Gasteiger partial charge < -0.3 is 10.6 Å². The number of anilines is 1. The van der Waals surface area contributed by atoms with Gasteiger partial charge in [0, 0.05) is 49.2 Å². The zero-order chi connectivity index (χ0) is 15.4. The number of aryl methyl sites for hydroxylation is 1. The lowest BCUT2D eigenvalue weighted by molar-refractivity contribution is 0.645. The summed E-state index contributed by atoms with van der Waals surface area (Å²) in [5.74, 6) is 0. The molecular weight excluding hydrogens is 284 g/mol. The fourth-order valence-corrected chi connectivity index (χ4v) is 2.62. The Hall–Kier alpha value is -1.52. The summed E-state index contributed by atoms with van der Waals surface area (Å²) in [6.45, 7) is 2.91. The molecule has 0 aliphatic rings. The Morgan fingerprint density at radius 3 is 2.81 bits per heavy atom. The molecule has 1 atom stereocenters. The molecule has 0 aliphatic carbocycles. The second-order valence-electron chi connectivity index (χ2n) is 5.52. The second kappa shape index (κ2) is 6.96. The molecule has 0 saturated heterocycles. The van der Waals surface area contributed by atoms with Gasteiger partial charge in [-0.05, 0) is 36.6 Å². The summed E-state index contributed by atoms with van der Waals surface area (Å²) in [6.07, 6.45) is 5.72. The smallest absolute Gasteiger partial charge is 0.0539 e.